The molecule has 1 fully saturated rings. The zero-order valence-corrected chi connectivity index (χ0v) is 14.4. The number of amides is 1. The van der Waals surface area contributed by atoms with Gasteiger partial charge in [-0.15, -0.1) is 11.8 Å². The number of benzene rings is 2. The maximum absolute atomic E-state index is 12.8. The number of hydrogen-bond acceptors (Lipinski definition) is 2. The Balaban J connectivity index is 1.59. The van der Waals surface area contributed by atoms with Crippen LogP contribution in [0, 0.1) is 5.92 Å². The van der Waals surface area contributed by atoms with Crippen molar-refractivity contribution < 1.29 is 4.79 Å². The van der Waals surface area contributed by atoms with Gasteiger partial charge in [0.05, 0.1) is 5.56 Å². The molecular formula is C20H23NOS. The van der Waals surface area contributed by atoms with Gasteiger partial charge in [-0.05, 0) is 49.1 Å². The molecule has 23 heavy (non-hydrogen) atoms. The van der Waals surface area contributed by atoms with Gasteiger partial charge in [0, 0.05) is 18.0 Å². The Hall–Kier alpha value is -1.74. The number of piperidine rings is 1. The molecule has 1 heterocycles. The predicted molar refractivity (Wildman–Crippen MR) is 97.0 cm³/mol. The van der Waals surface area contributed by atoms with E-state index in [4.69, 9.17) is 0 Å². The highest BCUT2D eigenvalue weighted by Gasteiger charge is 2.24. The molecule has 0 aliphatic carbocycles. The third-order valence-corrected chi connectivity index (χ3v) is 5.40. The van der Waals surface area contributed by atoms with Crippen molar-refractivity contribution in [3.05, 3.63) is 65.7 Å². The lowest BCUT2D eigenvalue weighted by atomic mass is 9.90. The summed E-state index contributed by atoms with van der Waals surface area (Å²) in [7, 11) is 0. The molecule has 0 unspecified atom stereocenters. The van der Waals surface area contributed by atoms with E-state index in [0.29, 0.717) is 5.92 Å². The molecule has 1 aliphatic heterocycles. The normalized spacial score (nSPS) is 15.6. The molecule has 0 atom stereocenters. The molecule has 2 aromatic rings. The fraction of sp³-hybridized carbons (Fsp3) is 0.350. The smallest absolute Gasteiger partial charge is 0.254 e. The topological polar surface area (TPSA) is 20.3 Å². The molecule has 0 bridgehead atoms. The van der Waals surface area contributed by atoms with Gasteiger partial charge >= 0.3 is 0 Å². The number of carbonyl (C=O) groups is 1. The molecule has 2 nitrogen and oxygen atoms in total. The number of carbonyl (C=O) groups excluding carboxylic acids is 1. The van der Waals surface area contributed by atoms with E-state index < -0.39 is 0 Å². The Morgan fingerprint density at radius 3 is 2.39 bits per heavy atom. The van der Waals surface area contributed by atoms with Gasteiger partial charge < -0.3 is 4.90 Å². The first-order chi connectivity index (χ1) is 11.3. The lowest BCUT2D eigenvalue weighted by Crippen LogP contribution is -2.39. The third kappa shape index (κ3) is 3.97. The second-order valence-corrected chi connectivity index (χ2v) is 6.97. The summed E-state index contributed by atoms with van der Waals surface area (Å²) in [5, 5.41) is 0. The van der Waals surface area contributed by atoms with E-state index in [1.54, 1.807) is 11.8 Å². The fourth-order valence-corrected chi connectivity index (χ4v) is 3.87. The average molecular weight is 325 g/mol. The monoisotopic (exact) mass is 325 g/mol. The number of thioether (sulfide) groups is 1. The van der Waals surface area contributed by atoms with Gasteiger partial charge in [0.15, 0.2) is 0 Å². The molecule has 0 spiro atoms. The summed E-state index contributed by atoms with van der Waals surface area (Å²) < 4.78 is 0. The van der Waals surface area contributed by atoms with Crippen LogP contribution in [-0.2, 0) is 6.42 Å². The van der Waals surface area contributed by atoms with E-state index in [0.717, 1.165) is 42.8 Å². The summed E-state index contributed by atoms with van der Waals surface area (Å²) >= 11 is 1.64. The minimum absolute atomic E-state index is 0.188. The second-order valence-electron chi connectivity index (χ2n) is 6.13. The van der Waals surface area contributed by atoms with Crippen LogP contribution in [0.3, 0.4) is 0 Å². The van der Waals surface area contributed by atoms with E-state index in [2.05, 4.69) is 30.3 Å². The van der Waals surface area contributed by atoms with Crippen molar-refractivity contribution in [2.24, 2.45) is 5.92 Å². The van der Waals surface area contributed by atoms with Crippen LogP contribution in [0.4, 0.5) is 0 Å². The molecular weight excluding hydrogens is 302 g/mol. The van der Waals surface area contributed by atoms with Gasteiger partial charge in [-0.2, -0.15) is 0 Å². The van der Waals surface area contributed by atoms with Crippen molar-refractivity contribution in [2.45, 2.75) is 24.2 Å². The Morgan fingerprint density at radius 2 is 1.70 bits per heavy atom. The fourth-order valence-electron chi connectivity index (χ4n) is 3.28. The quantitative estimate of drug-likeness (QED) is 0.771. The third-order valence-electron chi connectivity index (χ3n) is 4.61. The van der Waals surface area contributed by atoms with Gasteiger partial charge in [-0.3, -0.25) is 4.79 Å². The van der Waals surface area contributed by atoms with Crippen LogP contribution in [0.5, 0.6) is 0 Å². The van der Waals surface area contributed by atoms with Gasteiger partial charge in [0.25, 0.3) is 5.91 Å². The summed E-state index contributed by atoms with van der Waals surface area (Å²) in [6, 6.07) is 18.6. The highest BCUT2D eigenvalue weighted by atomic mass is 32.2. The summed E-state index contributed by atoms with van der Waals surface area (Å²) in [5.41, 5.74) is 2.26. The summed E-state index contributed by atoms with van der Waals surface area (Å²) in [6.07, 6.45) is 5.35. The van der Waals surface area contributed by atoms with E-state index in [9.17, 15) is 4.79 Å². The van der Waals surface area contributed by atoms with Crippen LogP contribution in [-0.4, -0.2) is 30.2 Å². The van der Waals surface area contributed by atoms with Crippen LogP contribution in [0.1, 0.15) is 28.8 Å². The molecule has 1 aliphatic rings. The van der Waals surface area contributed by atoms with Gasteiger partial charge in [-0.1, -0.05) is 42.5 Å². The number of likely N-dealkylation sites (tertiary alicyclic amines) is 1. The molecule has 0 saturated carbocycles. The molecule has 3 heteroatoms. The number of rotatable bonds is 4. The van der Waals surface area contributed by atoms with E-state index in [-0.39, 0.29) is 5.91 Å². The van der Waals surface area contributed by atoms with Gasteiger partial charge in [0.2, 0.25) is 0 Å². The minimum Gasteiger partial charge on any atom is -0.339 e. The van der Waals surface area contributed by atoms with Crippen molar-refractivity contribution in [1.29, 1.82) is 0 Å². The average Bonchev–Trinajstić information content (AvgIpc) is 2.62. The van der Waals surface area contributed by atoms with Crippen LogP contribution >= 0.6 is 11.8 Å². The molecule has 2 aromatic carbocycles. The standard InChI is InChI=1S/C20H23NOS/c1-23-19-10-6-5-9-18(19)20(22)21-13-11-17(12-14-21)15-16-7-3-2-4-8-16/h2-10,17H,11-15H2,1H3. The largest absolute Gasteiger partial charge is 0.339 e. The summed E-state index contributed by atoms with van der Waals surface area (Å²) in [6.45, 7) is 1.75. The first-order valence-electron chi connectivity index (χ1n) is 8.24. The van der Waals surface area contributed by atoms with Crippen molar-refractivity contribution >= 4 is 17.7 Å². The van der Waals surface area contributed by atoms with E-state index >= 15 is 0 Å². The Bertz CT molecular complexity index is 648. The Kier molecular flexibility index (Phi) is 5.39. The molecule has 0 N–H and O–H groups in total. The van der Waals surface area contributed by atoms with Crippen LogP contribution < -0.4 is 0 Å². The maximum Gasteiger partial charge on any atom is 0.254 e. The van der Waals surface area contributed by atoms with E-state index in [1.807, 2.05) is 35.4 Å². The maximum atomic E-state index is 12.8. The summed E-state index contributed by atoms with van der Waals surface area (Å²) in [4.78, 5) is 15.9. The second kappa shape index (κ2) is 7.69. The highest BCUT2D eigenvalue weighted by Crippen LogP contribution is 2.26. The van der Waals surface area contributed by atoms with Crippen molar-refractivity contribution in [3.8, 4) is 0 Å². The lowest BCUT2D eigenvalue weighted by molar-refractivity contribution is 0.0687. The number of nitrogens with zero attached hydrogens (tertiary/aromatic N) is 1. The number of hydrogen-bond donors (Lipinski definition) is 0. The van der Waals surface area contributed by atoms with Crippen LogP contribution in [0.25, 0.3) is 0 Å². The van der Waals surface area contributed by atoms with Gasteiger partial charge in [-0.25, -0.2) is 0 Å². The lowest BCUT2D eigenvalue weighted by Gasteiger charge is -2.32. The molecule has 120 valence electrons. The minimum atomic E-state index is 0.188. The zero-order valence-electron chi connectivity index (χ0n) is 13.6. The first kappa shape index (κ1) is 16.1. The molecule has 0 radical (unpaired) electrons. The summed E-state index contributed by atoms with van der Waals surface area (Å²) in [5.74, 6) is 0.880. The molecule has 1 saturated heterocycles. The Morgan fingerprint density at radius 1 is 1.04 bits per heavy atom. The van der Waals surface area contributed by atoms with E-state index in [1.165, 1.54) is 5.56 Å². The van der Waals surface area contributed by atoms with Gasteiger partial charge in [0.1, 0.15) is 0 Å². The van der Waals surface area contributed by atoms with Crippen LogP contribution in [0.2, 0.25) is 0 Å². The van der Waals surface area contributed by atoms with Crippen molar-refractivity contribution in [3.63, 3.8) is 0 Å². The highest BCUT2D eigenvalue weighted by molar-refractivity contribution is 7.98. The SMILES string of the molecule is CSc1ccccc1C(=O)N1CCC(Cc2ccccc2)CC1. The first-order valence-corrected chi connectivity index (χ1v) is 9.46. The molecule has 3 rings (SSSR count). The van der Waals surface area contributed by atoms with Crippen LogP contribution in [0.15, 0.2) is 59.5 Å². The molecule has 0 aromatic heterocycles. The van der Waals surface area contributed by atoms with Crippen molar-refractivity contribution in [2.75, 3.05) is 19.3 Å². The predicted octanol–water partition coefficient (Wildman–Crippen LogP) is 4.50. The Labute approximate surface area is 142 Å². The zero-order chi connectivity index (χ0) is 16.1. The van der Waals surface area contributed by atoms with Crippen molar-refractivity contribution in [1.82, 2.24) is 4.90 Å². The molecule has 1 amide bonds.